The van der Waals surface area contributed by atoms with Gasteiger partial charge >= 0.3 is 5.97 Å². The van der Waals surface area contributed by atoms with Crippen LogP contribution in [-0.4, -0.2) is 41.8 Å². The molecule has 0 bridgehead atoms. The molecule has 9 heteroatoms. The minimum Gasteiger partial charge on any atom is -0.480 e. The summed E-state index contributed by atoms with van der Waals surface area (Å²) in [5.41, 5.74) is 1.79. The van der Waals surface area contributed by atoms with Gasteiger partial charge in [-0.25, -0.2) is 4.68 Å². The zero-order chi connectivity index (χ0) is 15.4. The van der Waals surface area contributed by atoms with Crippen LogP contribution in [0, 0.1) is 0 Å². The van der Waals surface area contributed by atoms with E-state index in [1.807, 2.05) is 6.92 Å². The van der Waals surface area contributed by atoms with E-state index in [2.05, 4.69) is 20.7 Å². The number of hydrogen-bond acceptors (Lipinski definition) is 5. The quantitative estimate of drug-likeness (QED) is 0.748. The molecule has 2 aromatic rings. The summed E-state index contributed by atoms with van der Waals surface area (Å²) >= 11 is 0. The summed E-state index contributed by atoms with van der Waals surface area (Å²) in [7, 11) is 1.71. The summed E-state index contributed by atoms with van der Waals surface area (Å²) < 4.78 is 2.72. The van der Waals surface area contributed by atoms with E-state index in [0.29, 0.717) is 11.4 Å². The topological polar surface area (TPSA) is 115 Å². The van der Waals surface area contributed by atoms with Crippen LogP contribution in [0.5, 0.6) is 0 Å². The molecule has 0 radical (unpaired) electrons. The van der Waals surface area contributed by atoms with Crippen molar-refractivity contribution in [3.8, 4) is 0 Å². The molecule has 2 aromatic heterocycles. The highest BCUT2D eigenvalue weighted by Crippen LogP contribution is 2.04. The van der Waals surface area contributed by atoms with Crippen molar-refractivity contribution < 1.29 is 14.7 Å². The number of carbonyl (C=O) groups excluding carboxylic acids is 1. The van der Waals surface area contributed by atoms with Gasteiger partial charge in [0.1, 0.15) is 17.9 Å². The molecule has 9 nitrogen and oxygen atoms in total. The third-order valence-corrected chi connectivity index (χ3v) is 2.84. The van der Waals surface area contributed by atoms with E-state index in [4.69, 9.17) is 5.11 Å². The molecule has 0 spiro atoms. The number of carboxylic acids is 1. The first-order valence-electron chi connectivity index (χ1n) is 6.41. The molecule has 2 rings (SSSR count). The maximum atomic E-state index is 12.0. The number of rotatable bonds is 6. The highest BCUT2D eigenvalue weighted by molar-refractivity contribution is 5.92. The first-order valence-corrected chi connectivity index (χ1v) is 6.41. The van der Waals surface area contributed by atoms with Crippen LogP contribution in [0.3, 0.4) is 0 Å². The molecular formula is C12H16N6O3. The van der Waals surface area contributed by atoms with Gasteiger partial charge in [-0.3, -0.25) is 14.3 Å². The smallest absolute Gasteiger partial charge is 0.325 e. The predicted octanol–water partition coefficient (Wildman–Crippen LogP) is -0.411. The normalized spacial score (nSPS) is 10.6. The zero-order valence-electron chi connectivity index (χ0n) is 11.8. The molecule has 0 aromatic carbocycles. The Bertz CT molecular complexity index is 660. The van der Waals surface area contributed by atoms with Gasteiger partial charge in [0.05, 0.1) is 18.4 Å². The molecule has 2 N–H and O–H groups in total. The van der Waals surface area contributed by atoms with Crippen LogP contribution in [0.2, 0.25) is 0 Å². The first kappa shape index (κ1) is 14.7. The molecule has 2 heterocycles. The van der Waals surface area contributed by atoms with Gasteiger partial charge in [0.15, 0.2) is 0 Å². The van der Waals surface area contributed by atoms with E-state index in [1.54, 1.807) is 13.1 Å². The molecule has 0 unspecified atom stereocenters. The molecule has 112 valence electrons. The molecule has 0 aliphatic heterocycles. The van der Waals surface area contributed by atoms with Gasteiger partial charge in [-0.1, -0.05) is 12.1 Å². The Morgan fingerprint density at radius 1 is 1.38 bits per heavy atom. The maximum Gasteiger partial charge on any atom is 0.325 e. The summed E-state index contributed by atoms with van der Waals surface area (Å²) in [6.45, 7) is 1.87. The summed E-state index contributed by atoms with van der Waals surface area (Å²) in [4.78, 5) is 22.6. The fourth-order valence-corrected chi connectivity index (χ4v) is 1.81. The lowest BCUT2D eigenvalue weighted by atomic mass is 10.3. The number of carboxylic acid groups (broad SMARTS) is 1. The second kappa shape index (κ2) is 6.16. The standard InChI is InChI=1S/C12H16N6O3/c1-3-8-4-10(17(2)15-8)12(21)13-5-9-6-18(16-14-9)7-11(19)20/h4,6H,3,5,7H2,1-2H3,(H,13,21)(H,19,20). The third-order valence-electron chi connectivity index (χ3n) is 2.84. The number of aliphatic carboxylic acids is 1. The van der Waals surface area contributed by atoms with Crippen LogP contribution in [0.1, 0.15) is 28.8 Å². The van der Waals surface area contributed by atoms with E-state index in [9.17, 15) is 9.59 Å². The van der Waals surface area contributed by atoms with Gasteiger partial charge in [-0.05, 0) is 12.5 Å². The molecule has 0 aliphatic carbocycles. The van der Waals surface area contributed by atoms with Crippen molar-refractivity contribution in [3.63, 3.8) is 0 Å². The summed E-state index contributed by atoms with van der Waals surface area (Å²) in [5.74, 6) is -1.27. The molecule has 0 saturated carbocycles. The van der Waals surface area contributed by atoms with Crippen LogP contribution in [0.25, 0.3) is 0 Å². The number of aromatic nitrogens is 5. The van der Waals surface area contributed by atoms with Crippen LogP contribution < -0.4 is 5.32 Å². The molecular weight excluding hydrogens is 276 g/mol. The minimum absolute atomic E-state index is 0.172. The maximum absolute atomic E-state index is 12.0. The van der Waals surface area contributed by atoms with Crippen molar-refractivity contribution in [2.24, 2.45) is 7.05 Å². The average molecular weight is 292 g/mol. The number of hydrogen-bond donors (Lipinski definition) is 2. The van der Waals surface area contributed by atoms with Crippen molar-refractivity contribution in [3.05, 3.63) is 29.3 Å². The molecule has 1 amide bonds. The highest BCUT2D eigenvalue weighted by Gasteiger charge is 2.13. The number of carbonyl (C=O) groups is 2. The van der Waals surface area contributed by atoms with Crippen molar-refractivity contribution in [2.45, 2.75) is 26.4 Å². The van der Waals surface area contributed by atoms with Gasteiger partial charge < -0.3 is 10.4 Å². The summed E-state index contributed by atoms with van der Waals surface area (Å²) in [5, 5.41) is 23.0. The molecule has 0 saturated heterocycles. The first-order chi connectivity index (χ1) is 9.99. The highest BCUT2D eigenvalue weighted by atomic mass is 16.4. The fraction of sp³-hybridized carbons (Fsp3) is 0.417. The van der Waals surface area contributed by atoms with Gasteiger partial charge in [0.2, 0.25) is 0 Å². The van der Waals surface area contributed by atoms with Gasteiger partial charge in [0, 0.05) is 7.05 Å². The lowest BCUT2D eigenvalue weighted by Gasteiger charge is -2.02. The van der Waals surface area contributed by atoms with Crippen LogP contribution in [-0.2, 0) is 31.4 Å². The van der Waals surface area contributed by atoms with E-state index in [1.165, 1.54) is 15.6 Å². The van der Waals surface area contributed by atoms with Crippen molar-refractivity contribution >= 4 is 11.9 Å². The zero-order valence-corrected chi connectivity index (χ0v) is 11.8. The van der Waals surface area contributed by atoms with Crippen molar-refractivity contribution in [1.29, 1.82) is 0 Å². The van der Waals surface area contributed by atoms with Gasteiger partial charge in [-0.15, -0.1) is 5.10 Å². The van der Waals surface area contributed by atoms with Crippen LogP contribution in [0.15, 0.2) is 12.3 Å². The van der Waals surface area contributed by atoms with Crippen LogP contribution >= 0.6 is 0 Å². The minimum atomic E-state index is -1.00. The Morgan fingerprint density at radius 2 is 2.14 bits per heavy atom. The Morgan fingerprint density at radius 3 is 2.76 bits per heavy atom. The number of nitrogens with one attached hydrogen (secondary N) is 1. The van der Waals surface area contributed by atoms with E-state index in [0.717, 1.165) is 12.1 Å². The summed E-state index contributed by atoms with van der Waals surface area (Å²) in [6.07, 6.45) is 2.24. The molecule has 0 fully saturated rings. The third kappa shape index (κ3) is 3.65. The van der Waals surface area contributed by atoms with Gasteiger partial charge in [-0.2, -0.15) is 5.10 Å². The Hall–Kier alpha value is -2.71. The monoisotopic (exact) mass is 292 g/mol. The SMILES string of the molecule is CCc1cc(C(=O)NCc2cn(CC(=O)O)nn2)n(C)n1. The predicted molar refractivity (Wildman–Crippen MR) is 71.4 cm³/mol. The fourth-order valence-electron chi connectivity index (χ4n) is 1.81. The number of aryl methyl sites for hydroxylation is 2. The second-order valence-electron chi connectivity index (χ2n) is 4.48. The number of nitrogens with zero attached hydrogens (tertiary/aromatic N) is 5. The van der Waals surface area contributed by atoms with Crippen molar-refractivity contribution in [2.75, 3.05) is 0 Å². The molecule has 21 heavy (non-hydrogen) atoms. The van der Waals surface area contributed by atoms with E-state index in [-0.39, 0.29) is 19.0 Å². The molecule has 0 aliphatic rings. The average Bonchev–Trinajstić information content (AvgIpc) is 3.02. The molecule has 0 atom stereocenters. The summed E-state index contributed by atoms with van der Waals surface area (Å²) in [6, 6.07) is 1.73. The largest absolute Gasteiger partial charge is 0.480 e. The van der Waals surface area contributed by atoms with Crippen molar-refractivity contribution in [1.82, 2.24) is 30.1 Å². The lowest BCUT2D eigenvalue weighted by molar-refractivity contribution is -0.137. The van der Waals surface area contributed by atoms with E-state index < -0.39 is 5.97 Å². The Balaban J connectivity index is 1.95. The number of amides is 1. The van der Waals surface area contributed by atoms with Gasteiger partial charge in [0.25, 0.3) is 5.91 Å². The second-order valence-corrected chi connectivity index (χ2v) is 4.48. The van der Waals surface area contributed by atoms with E-state index >= 15 is 0 Å². The lowest BCUT2D eigenvalue weighted by Crippen LogP contribution is -2.25. The Kier molecular flexibility index (Phi) is 4.31. The van der Waals surface area contributed by atoms with Crippen LogP contribution in [0.4, 0.5) is 0 Å². The Labute approximate surface area is 120 Å².